The molecule has 44 heavy (non-hydrogen) atoms. The van der Waals surface area contributed by atoms with E-state index in [1.165, 1.54) is 0 Å². The number of carbonyl (C=O) groups excluding carboxylic acids is 1. The minimum absolute atomic E-state index is 0.168. The molecule has 0 radical (unpaired) electrons. The molecule has 1 unspecified atom stereocenters. The van der Waals surface area contributed by atoms with Gasteiger partial charge in [0.2, 0.25) is 5.95 Å². The number of benzene rings is 3. The molecular weight excluding hydrogens is 559 g/mol. The number of rotatable bonds is 9. The van der Waals surface area contributed by atoms with Crippen LogP contribution >= 0.6 is 0 Å². The number of allylic oxidation sites excluding steroid dienone is 1. The van der Waals surface area contributed by atoms with E-state index in [4.69, 9.17) is 20.1 Å². The molecule has 5 rings (SSSR count). The van der Waals surface area contributed by atoms with Crippen molar-refractivity contribution in [1.29, 1.82) is 0 Å². The summed E-state index contributed by atoms with van der Waals surface area (Å²) in [7, 11) is 0. The lowest BCUT2D eigenvalue weighted by Gasteiger charge is -2.24. The zero-order valence-electron chi connectivity index (χ0n) is 25.9. The average molecular weight is 601 g/mol. The molecule has 0 bridgehead atoms. The number of nitrogens with two attached hydrogens (primary N) is 1. The number of carbonyl (C=O) groups is 1. The molecule has 3 aromatic carbocycles. The predicted molar refractivity (Wildman–Crippen MR) is 170 cm³/mol. The second kappa shape index (κ2) is 13.6. The van der Waals surface area contributed by atoms with Crippen LogP contribution < -0.4 is 10.6 Å². The van der Waals surface area contributed by atoms with Gasteiger partial charge in [-0.2, -0.15) is 4.39 Å². The smallest absolute Gasteiger partial charge is 0.424 e. The Morgan fingerprint density at radius 3 is 2.43 bits per heavy atom. The van der Waals surface area contributed by atoms with E-state index in [0.29, 0.717) is 17.7 Å². The van der Waals surface area contributed by atoms with Crippen LogP contribution in [0.15, 0.2) is 72.8 Å². The number of amides is 1. The summed E-state index contributed by atoms with van der Waals surface area (Å²) in [5.74, 6) is 5.98. The van der Waals surface area contributed by atoms with Crippen molar-refractivity contribution < 1.29 is 23.4 Å². The van der Waals surface area contributed by atoms with Gasteiger partial charge in [-0.3, -0.25) is 0 Å². The first-order valence-electron chi connectivity index (χ1n) is 15.2. The number of ether oxygens (including phenoxy) is 3. The summed E-state index contributed by atoms with van der Waals surface area (Å²) in [6, 6.07) is 23.9. The first kappa shape index (κ1) is 31.2. The third-order valence-electron chi connectivity index (χ3n) is 7.53. The highest BCUT2D eigenvalue weighted by molar-refractivity contribution is 6.00. The van der Waals surface area contributed by atoms with E-state index < -0.39 is 17.6 Å². The Labute approximate surface area is 258 Å². The second-order valence-electron chi connectivity index (χ2n) is 11.9. The second-order valence-corrected chi connectivity index (χ2v) is 11.9. The van der Waals surface area contributed by atoms with Crippen LogP contribution in [0.2, 0.25) is 0 Å². The molecule has 1 atom stereocenters. The van der Waals surface area contributed by atoms with Crippen LogP contribution in [-0.2, 0) is 9.47 Å². The molecule has 0 spiro atoms. The monoisotopic (exact) mass is 600 g/mol. The van der Waals surface area contributed by atoms with Gasteiger partial charge in [-0.15, -0.1) is 5.10 Å². The van der Waals surface area contributed by atoms with Gasteiger partial charge in [-0.1, -0.05) is 55.5 Å². The van der Waals surface area contributed by atoms with Gasteiger partial charge in [0, 0.05) is 6.61 Å². The lowest BCUT2D eigenvalue weighted by atomic mass is 9.88. The first-order valence-corrected chi connectivity index (χ1v) is 15.2. The third-order valence-corrected chi connectivity index (χ3v) is 7.53. The molecular formula is C35H41FN4O4. The van der Waals surface area contributed by atoms with E-state index in [0.717, 1.165) is 64.0 Å². The van der Waals surface area contributed by atoms with Gasteiger partial charge >= 0.3 is 6.09 Å². The summed E-state index contributed by atoms with van der Waals surface area (Å²) in [4.78, 5) is 12.1. The van der Waals surface area contributed by atoms with E-state index in [1.54, 1.807) is 25.5 Å². The summed E-state index contributed by atoms with van der Waals surface area (Å²) < 4.78 is 34.1. The van der Waals surface area contributed by atoms with Gasteiger partial charge in [0.1, 0.15) is 18.0 Å². The highest BCUT2D eigenvalue weighted by atomic mass is 19.1. The number of aromatic nitrogens is 2. The molecule has 1 aliphatic heterocycles. The number of nitrogens with zero attached hydrogens (tertiary/aromatic N) is 3. The van der Waals surface area contributed by atoms with Crippen molar-refractivity contribution in [3.8, 4) is 5.75 Å². The zero-order valence-corrected chi connectivity index (χ0v) is 25.9. The van der Waals surface area contributed by atoms with E-state index >= 15 is 4.39 Å². The Morgan fingerprint density at radius 2 is 1.77 bits per heavy atom. The number of hydrogen-bond acceptors (Lipinski definition) is 6. The van der Waals surface area contributed by atoms with E-state index in [9.17, 15) is 4.79 Å². The molecule has 1 saturated heterocycles. The van der Waals surface area contributed by atoms with E-state index in [1.807, 2.05) is 60.7 Å². The minimum atomic E-state index is -0.631. The molecule has 1 fully saturated rings. The van der Waals surface area contributed by atoms with Crippen molar-refractivity contribution in [1.82, 2.24) is 14.8 Å². The Hall–Kier alpha value is -4.21. The lowest BCUT2D eigenvalue weighted by molar-refractivity contribution is -0.0375. The summed E-state index contributed by atoms with van der Waals surface area (Å²) in [5.41, 5.74) is 5.20. The van der Waals surface area contributed by atoms with Crippen molar-refractivity contribution in [3.63, 3.8) is 0 Å². The minimum Gasteiger partial charge on any atom is -0.492 e. The van der Waals surface area contributed by atoms with Crippen LogP contribution in [0.3, 0.4) is 0 Å². The van der Waals surface area contributed by atoms with Crippen LogP contribution in [-0.4, -0.2) is 46.2 Å². The van der Waals surface area contributed by atoms with Gasteiger partial charge in [0.15, 0.2) is 6.23 Å². The Balaban J connectivity index is 1.44. The van der Waals surface area contributed by atoms with Crippen LogP contribution in [0.5, 0.6) is 5.75 Å². The molecule has 1 aromatic heterocycles. The van der Waals surface area contributed by atoms with Crippen molar-refractivity contribution >= 4 is 28.1 Å². The molecule has 232 valence electrons. The molecule has 2 heterocycles. The van der Waals surface area contributed by atoms with Crippen molar-refractivity contribution in [2.75, 3.05) is 19.8 Å². The maximum absolute atomic E-state index is 15.3. The first-order chi connectivity index (χ1) is 21.1. The zero-order chi connectivity index (χ0) is 31.3. The normalized spacial score (nSPS) is 16.0. The van der Waals surface area contributed by atoms with E-state index in [2.05, 4.69) is 24.2 Å². The lowest BCUT2D eigenvalue weighted by Crippen LogP contribution is -2.43. The number of fused-ring (bicyclic) bond motifs is 1. The maximum Gasteiger partial charge on any atom is 0.424 e. The Morgan fingerprint density at radius 1 is 1.05 bits per heavy atom. The fourth-order valence-electron chi connectivity index (χ4n) is 5.47. The molecule has 8 nitrogen and oxygen atoms in total. The van der Waals surface area contributed by atoms with Crippen molar-refractivity contribution in [2.45, 2.75) is 65.2 Å². The average Bonchev–Trinajstić information content (AvgIpc) is 3.35. The van der Waals surface area contributed by atoms with E-state index in [-0.39, 0.29) is 19.4 Å². The third kappa shape index (κ3) is 7.29. The fraction of sp³-hybridized carbons (Fsp3) is 0.371. The Bertz CT molecular complexity index is 1600. The van der Waals surface area contributed by atoms with Crippen molar-refractivity contribution in [3.05, 3.63) is 95.4 Å². The number of halogens is 1. The topological polar surface area (TPSA) is 91.8 Å². The summed E-state index contributed by atoms with van der Waals surface area (Å²) in [6.07, 6.45) is 2.76. The molecule has 1 amide bonds. The molecule has 4 aromatic rings. The summed E-state index contributed by atoms with van der Waals surface area (Å²) >= 11 is 0. The Kier molecular flexibility index (Phi) is 9.66. The standard InChI is InChI=1S/C35H41FN4O4/c1-5-28(24-11-7-6-8-12-24)32(25-14-17-27(18-15-25)42-22-20-39(37)34(41)44-35(2,3)4)26-16-19-30-29(23-26)33(36)38-40(30)31-13-9-10-21-43-31/h6-8,11-12,14-19,23,31H,5,9-10,13,20-22,37H2,1-4H3/b32-28+. The summed E-state index contributed by atoms with van der Waals surface area (Å²) in [6.45, 7) is 8.51. The van der Waals surface area contributed by atoms with Crippen molar-refractivity contribution in [2.24, 2.45) is 5.84 Å². The van der Waals surface area contributed by atoms with Crippen LogP contribution in [0, 0.1) is 5.95 Å². The fourth-order valence-corrected chi connectivity index (χ4v) is 5.47. The maximum atomic E-state index is 15.3. The SMILES string of the molecule is CC/C(=C(/c1ccc(OCCN(N)C(=O)OC(C)(C)C)cc1)c1ccc2c(c1)c(F)nn2C1CCCCO1)c1ccccc1. The van der Waals surface area contributed by atoms with Gasteiger partial charge in [0.05, 0.1) is 17.4 Å². The van der Waals surface area contributed by atoms with Gasteiger partial charge in [-0.05, 0) is 98.6 Å². The molecule has 0 saturated carbocycles. The number of hydrazine groups is 1. The molecule has 0 aliphatic carbocycles. The van der Waals surface area contributed by atoms with Crippen LogP contribution in [0.25, 0.3) is 22.0 Å². The molecule has 2 N–H and O–H groups in total. The number of hydrogen-bond donors (Lipinski definition) is 1. The largest absolute Gasteiger partial charge is 0.492 e. The van der Waals surface area contributed by atoms with Gasteiger partial charge in [0.25, 0.3) is 0 Å². The molecule has 1 aliphatic rings. The van der Waals surface area contributed by atoms with Crippen LogP contribution in [0.4, 0.5) is 9.18 Å². The van der Waals surface area contributed by atoms with Gasteiger partial charge < -0.3 is 14.2 Å². The highest BCUT2D eigenvalue weighted by Crippen LogP contribution is 2.37. The van der Waals surface area contributed by atoms with Crippen LogP contribution in [0.1, 0.15) is 76.3 Å². The summed E-state index contributed by atoms with van der Waals surface area (Å²) in [5, 5.41) is 5.71. The predicted octanol–water partition coefficient (Wildman–Crippen LogP) is 7.73. The quantitative estimate of drug-likeness (QED) is 0.0915. The molecule has 9 heteroatoms. The van der Waals surface area contributed by atoms with Gasteiger partial charge in [-0.25, -0.2) is 20.3 Å². The highest BCUT2D eigenvalue weighted by Gasteiger charge is 2.23.